The highest BCUT2D eigenvalue weighted by atomic mass is 16.7. The van der Waals surface area contributed by atoms with Crippen molar-refractivity contribution in [2.75, 3.05) is 19.8 Å². The van der Waals surface area contributed by atoms with E-state index in [4.69, 9.17) is 23.7 Å². The number of carbonyl (C=O) groups is 2. The summed E-state index contributed by atoms with van der Waals surface area (Å²) in [7, 11) is 0. The topological polar surface area (TPSA) is 286 Å². The van der Waals surface area contributed by atoms with Gasteiger partial charge in [0, 0.05) is 13.8 Å². The van der Waals surface area contributed by atoms with Gasteiger partial charge in [-0.1, -0.05) is 0 Å². The number of rotatable bonds is 9. The molecule has 2 amide bonds. The van der Waals surface area contributed by atoms with Crippen molar-refractivity contribution in [2.24, 2.45) is 0 Å². The predicted octanol–water partition coefficient (Wildman–Crippen LogP) is -7.29. The molecule has 0 aliphatic carbocycles. The van der Waals surface area contributed by atoms with Crippen LogP contribution in [0.2, 0.25) is 0 Å². The van der Waals surface area contributed by atoms with Crippen LogP contribution in [0.3, 0.4) is 0 Å². The molecule has 40 heavy (non-hydrogen) atoms. The van der Waals surface area contributed by atoms with E-state index < -0.39 is 124 Å². The van der Waals surface area contributed by atoms with Gasteiger partial charge in [0.15, 0.2) is 18.9 Å². The van der Waals surface area contributed by atoms with Crippen LogP contribution >= 0.6 is 0 Å². The summed E-state index contributed by atoms with van der Waals surface area (Å²) in [4.78, 5) is 23.5. The minimum absolute atomic E-state index is 0.623. The molecular formula is C22H38N2O16. The Labute approximate surface area is 228 Å². The van der Waals surface area contributed by atoms with Gasteiger partial charge in [-0.2, -0.15) is 0 Å². The van der Waals surface area contributed by atoms with Crippen LogP contribution in [0.4, 0.5) is 0 Å². The van der Waals surface area contributed by atoms with Crippen molar-refractivity contribution in [3.63, 3.8) is 0 Å². The Morgan fingerprint density at radius 2 is 1.05 bits per heavy atom. The lowest BCUT2D eigenvalue weighted by Crippen LogP contribution is -2.70. The van der Waals surface area contributed by atoms with E-state index in [0.29, 0.717) is 0 Å². The number of hydrogen-bond acceptors (Lipinski definition) is 16. The average molecular weight is 587 g/mol. The molecule has 0 spiro atoms. The lowest BCUT2D eigenvalue weighted by atomic mass is 9.94. The maximum absolute atomic E-state index is 12.0. The summed E-state index contributed by atoms with van der Waals surface area (Å²) in [6, 6.07) is -2.87. The van der Waals surface area contributed by atoms with E-state index >= 15 is 0 Å². The minimum Gasteiger partial charge on any atom is -0.394 e. The molecule has 0 aromatic rings. The molecule has 0 bridgehead atoms. The van der Waals surface area contributed by atoms with Crippen molar-refractivity contribution in [3.05, 3.63) is 0 Å². The van der Waals surface area contributed by atoms with Gasteiger partial charge in [-0.25, -0.2) is 0 Å². The van der Waals surface area contributed by atoms with Gasteiger partial charge in [0.25, 0.3) is 0 Å². The van der Waals surface area contributed by atoms with Crippen LogP contribution in [0, 0.1) is 0 Å². The monoisotopic (exact) mass is 586 g/mol. The summed E-state index contributed by atoms with van der Waals surface area (Å²) < 4.78 is 27.7. The van der Waals surface area contributed by atoms with E-state index in [1.807, 2.05) is 0 Å². The van der Waals surface area contributed by atoms with Crippen LogP contribution in [-0.4, -0.2) is 170 Å². The fraction of sp³-hybridized carbons (Fsp3) is 0.909. The van der Waals surface area contributed by atoms with Crippen LogP contribution in [0.1, 0.15) is 13.8 Å². The van der Waals surface area contributed by atoms with E-state index in [9.17, 15) is 55.5 Å². The van der Waals surface area contributed by atoms with Crippen molar-refractivity contribution in [1.29, 1.82) is 0 Å². The third-order valence-electron chi connectivity index (χ3n) is 6.90. The van der Waals surface area contributed by atoms with Crippen LogP contribution < -0.4 is 10.6 Å². The van der Waals surface area contributed by atoms with Gasteiger partial charge in [0.1, 0.15) is 73.1 Å². The average Bonchev–Trinajstić information content (AvgIpc) is 2.90. The lowest BCUT2D eigenvalue weighted by molar-refractivity contribution is -0.360. The van der Waals surface area contributed by atoms with Crippen molar-refractivity contribution >= 4 is 11.8 Å². The molecule has 18 nitrogen and oxygen atoms in total. The van der Waals surface area contributed by atoms with Gasteiger partial charge in [-0.3, -0.25) is 9.59 Å². The van der Waals surface area contributed by atoms with E-state index in [0.717, 1.165) is 13.8 Å². The predicted molar refractivity (Wildman–Crippen MR) is 124 cm³/mol. The number of nitrogens with one attached hydrogen (secondary N) is 2. The zero-order chi connectivity index (χ0) is 29.9. The molecule has 3 rings (SSSR count). The lowest BCUT2D eigenvalue weighted by Gasteiger charge is -2.49. The molecule has 0 radical (unpaired) electrons. The third-order valence-corrected chi connectivity index (χ3v) is 6.90. The molecule has 3 heterocycles. The zero-order valence-corrected chi connectivity index (χ0v) is 21.7. The summed E-state index contributed by atoms with van der Waals surface area (Å²) in [5.74, 6) is -1.30. The van der Waals surface area contributed by atoms with Gasteiger partial charge in [0.2, 0.25) is 11.8 Å². The Kier molecular flexibility index (Phi) is 11.5. The van der Waals surface area contributed by atoms with Crippen LogP contribution in [-0.2, 0) is 33.3 Å². The van der Waals surface area contributed by atoms with Gasteiger partial charge in [0.05, 0.1) is 19.8 Å². The van der Waals surface area contributed by atoms with Crippen LogP contribution in [0.5, 0.6) is 0 Å². The Morgan fingerprint density at radius 3 is 1.57 bits per heavy atom. The van der Waals surface area contributed by atoms with Crippen LogP contribution in [0.15, 0.2) is 0 Å². The Balaban J connectivity index is 1.85. The van der Waals surface area contributed by atoms with Crippen molar-refractivity contribution in [2.45, 2.75) is 106 Å². The smallest absolute Gasteiger partial charge is 0.217 e. The number of amides is 2. The summed E-state index contributed by atoms with van der Waals surface area (Å²) in [5.41, 5.74) is 0. The van der Waals surface area contributed by atoms with Gasteiger partial charge >= 0.3 is 0 Å². The van der Waals surface area contributed by atoms with Gasteiger partial charge in [-0.15, -0.1) is 0 Å². The SMILES string of the molecule is CC(=O)N[C@@H]1[C@@H](O)[C@H](O[C@H]2O[C@H](CO)[C@@H](O[C@@H]3O[C@H](CO)[C@@H](O)[C@H](O)[C@@H]3O)[C@H](O)[C@H]2NC(C)=O)[C@@H](CO)O[C@H]1O. The molecule has 3 aliphatic rings. The number of carbonyl (C=O) groups excluding carboxylic acids is 2. The number of aliphatic hydroxyl groups is 9. The molecule has 3 aliphatic heterocycles. The van der Waals surface area contributed by atoms with Gasteiger partial charge in [-0.05, 0) is 0 Å². The first-order valence-electron chi connectivity index (χ1n) is 12.6. The van der Waals surface area contributed by atoms with E-state index in [1.54, 1.807) is 0 Å². The van der Waals surface area contributed by atoms with E-state index in [-0.39, 0.29) is 0 Å². The second-order valence-electron chi connectivity index (χ2n) is 9.81. The Bertz CT molecular complexity index is 852. The van der Waals surface area contributed by atoms with Crippen molar-refractivity contribution in [1.82, 2.24) is 10.6 Å². The van der Waals surface area contributed by atoms with E-state index in [1.165, 1.54) is 0 Å². The highest BCUT2D eigenvalue weighted by Crippen LogP contribution is 2.32. The Morgan fingerprint density at radius 1 is 0.600 bits per heavy atom. The molecule has 232 valence electrons. The molecule has 0 unspecified atom stereocenters. The molecular weight excluding hydrogens is 548 g/mol. The van der Waals surface area contributed by atoms with Crippen molar-refractivity contribution in [3.8, 4) is 0 Å². The molecule has 15 atom stereocenters. The van der Waals surface area contributed by atoms with Crippen LogP contribution in [0.25, 0.3) is 0 Å². The summed E-state index contributed by atoms with van der Waals surface area (Å²) in [5, 5.41) is 96.5. The molecule has 0 aromatic heterocycles. The first-order valence-corrected chi connectivity index (χ1v) is 12.6. The minimum atomic E-state index is -1.85. The summed E-state index contributed by atoms with van der Waals surface area (Å²) in [6.07, 6.45) is -21.1. The Hall–Kier alpha value is -1.62. The largest absolute Gasteiger partial charge is 0.394 e. The molecule has 18 heteroatoms. The summed E-state index contributed by atoms with van der Waals surface area (Å²) >= 11 is 0. The first kappa shape index (κ1) is 32.9. The first-order chi connectivity index (χ1) is 18.8. The molecule has 3 fully saturated rings. The number of hydrogen-bond donors (Lipinski definition) is 11. The normalized spacial score (nSPS) is 46.0. The molecule has 0 saturated carbocycles. The number of aliphatic hydroxyl groups excluding tert-OH is 9. The maximum Gasteiger partial charge on any atom is 0.217 e. The zero-order valence-electron chi connectivity index (χ0n) is 21.7. The second kappa shape index (κ2) is 14.0. The third kappa shape index (κ3) is 7.05. The number of ether oxygens (including phenoxy) is 5. The fourth-order valence-electron chi connectivity index (χ4n) is 4.87. The summed E-state index contributed by atoms with van der Waals surface area (Å²) in [6.45, 7) is -0.117. The highest BCUT2D eigenvalue weighted by molar-refractivity contribution is 5.73. The second-order valence-corrected chi connectivity index (χ2v) is 9.81. The fourth-order valence-corrected chi connectivity index (χ4v) is 4.87. The van der Waals surface area contributed by atoms with Crippen molar-refractivity contribution < 1.29 is 79.2 Å². The highest BCUT2D eigenvalue weighted by Gasteiger charge is 2.54. The molecule has 3 saturated heterocycles. The van der Waals surface area contributed by atoms with E-state index in [2.05, 4.69) is 10.6 Å². The van der Waals surface area contributed by atoms with Gasteiger partial charge < -0.3 is 80.3 Å². The molecule has 11 N–H and O–H groups in total. The standard InChI is InChI=1S/C22H38N2O16/c1-6(28)23-11-14(31)18(9(4-26)36-20(11)35)39-21-12(24-7(2)29)15(32)19(10(5-27)38-21)40-22-17(34)16(33)13(30)8(3-25)37-22/h8-22,25-27,30-35H,3-5H2,1-2H3,(H,23,28)(H,24,29)/t8-,9-,10-,11-,12-,13-,14-,15-,16+,17+,18-,19-,20-,21-,22+/m1/s1. The quantitative estimate of drug-likeness (QED) is 0.120. The molecule has 0 aromatic carbocycles. The maximum atomic E-state index is 12.0.